The second-order valence-corrected chi connectivity index (χ2v) is 9.90. The maximum absolute atomic E-state index is 5.51. The molecule has 0 spiro atoms. The Labute approximate surface area is 234 Å². The van der Waals surface area contributed by atoms with Gasteiger partial charge in [0.25, 0.3) is 0 Å². The van der Waals surface area contributed by atoms with Crippen molar-refractivity contribution in [3.63, 3.8) is 0 Å². The molecule has 0 unspecified atom stereocenters. The predicted octanol–water partition coefficient (Wildman–Crippen LogP) is 9.13. The van der Waals surface area contributed by atoms with Gasteiger partial charge >= 0.3 is 0 Å². The first kappa shape index (κ1) is 25.3. The van der Waals surface area contributed by atoms with E-state index in [9.17, 15) is 0 Å². The lowest BCUT2D eigenvalue weighted by molar-refractivity contribution is 0.355. The van der Waals surface area contributed by atoms with E-state index in [1.165, 1.54) is 38.7 Å². The topological polar surface area (TPSA) is 39.2 Å². The number of nitrogens with one attached hydrogen (secondary N) is 1. The van der Waals surface area contributed by atoms with Crippen molar-refractivity contribution >= 4 is 27.4 Å². The van der Waals surface area contributed by atoms with Crippen LogP contribution in [0.4, 0.5) is 0 Å². The van der Waals surface area contributed by atoms with Crippen LogP contribution in [0.25, 0.3) is 44.3 Å². The fourth-order valence-electron chi connectivity index (χ4n) is 5.22. The second kappa shape index (κ2) is 11.0. The molecular formula is C36H32N2O2. The maximum Gasteiger partial charge on any atom is 0.162 e. The number of rotatable bonds is 5. The number of allylic oxidation sites excluding steroid dienone is 4. The first-order valence-corrected chi connectivity index (χ1v) is 13.5. The molecule has 0 fully saturated rings. The van der Waals surface area contributed by atoms with Gasteiger partial charge in [-0.2, -0.15) is 0 Å². The molecule has 0 atom stereocenters. The van der Waals surface area contributed by atoms with Crippen molar-refractivity contribution in [2.45, 2.75) is 13.3 Å². The van der Waals surface area contributed by atoms with Crippen molar-refractivity contribution in [1.29, 1.82) is 0 Å². The van der Waals surface area contributed by atoms with Crippen LogP contribution in [0.15, 0.2) is 121 Å². The van der Waals surface area contributed by atoms with E-state index in [-0.39, 0.29) is 0 Å². The van der Waals surface area contributed by atoms with Gasteiger partial charge in [0.1, 0.15) is 0 Å². The Bertz CT molecular complexity index is 1820. The lowest BCUT2D eigenvalue weighted by Gasteiger charge is -2.14. The zero-order valence-corrected chi connectivity index (χ0v) is 23.0. The Morgan fingerprint density at radius 2 is 1.48 bits per heavy atom. The van der Waals surface area contributed by atoms with Gasteiger partial charge < -0.3 is 19.0 Å². The van der Waals surface area contributed by atoms with Crippen LogP contribution in [0.5, 0.6) is 11.5 Å². The van der Waals surface area contributed by atoms with Crippen molar-refractivity contribution in [1.82, 2.24) is 9.55 Å². The van der Waals surface area contributed by atoms with Crippen LogP contribution in [0.2, 0.25) is 0 Å². The molecule has 0 aliphatic heterocycles. The average molecular weight is 525 g/mol. The fraction of sp³-hybridized carbons (Fsp3) is 0.111. The summed E-state index contributed by atoms with van der Waals surface area (Å²) in [4.78, 5) is 3.42. The van der Waals surface area contributed by atoms with Crippen molar-refractivity contribution in [3.05, 3.63) is 133 Å². The highest BCUT2D eigenvalue weighted by molar-refractivity contribution is 5.89. The lowest BCUT2D eigenvalue weighted by Crippen LogP contribution is -1.99. The van der Waals surface area contributed by atoms with Crippen LogP contribution >= 0.6 is 0 Å². The van der Waals surface area contributed by atoms with Crippen molar-refractivity contribution in [2.75, 3.05) is 14.2 Å². The SMILES string of the molecule is C1=CC(c2cc3ccccc3[nH]2)=CC1.COc1ccc(-n2c(-c3ccc(C)cc3)cc3ccccc32)cc1OC. The molecule has 6 aromatic rings. The van der Waals surface area contributed by atoms with E-state index >= 15 is 0 Å². The van der Waals surface area contributed by atoms with Crippen LogP contribution in [0.3, 0.4) is 0 Å². The molecule has 40 heavy (non-hydrogen) atoms. The van der Waals surface area contributed by atoms with Gasteiger partial charge in [-0.15, -0.1) is 0 Å². The van der Waals surface area contributed by atoms with Crippen LogP contribution in [0, 0.1) is 6.92 Å². The Hall–Kier alpha value is -4.96. The number of para-hydroxylation sites is 2. The molecule has 4 nitrogen and oxygen atoms in total. The Morgan fingerprint density at radius 3 is 2.20 bits per heavy atom. The molecule has 1 aliphatic rings. The van der Waals surface area contributed by atoms with Gasteiger partial charge in [0.05, 0.1) is 31.1 Å². The number of aromatic nitrogens is 2. The summed E-state index contributed by atoms with van der Waals surface area (Å²) in [7, 11) is 3.32. The van der Waals surface area contributed by atoms with E-state index in [2.05, 4.69) is 126 Å². The molecular weight excluding hydrogens is 492 g/mol. The van der Waals surface area contributed by atoms with E-state index in [1.54, 1.807) is 14.2 Å². The molecule has 0 saturated heterocycles. The number of nitrogens with zero attached hydrogens (tertiary/aromatic N) is 1. The quantitative estimate of drug-likeness (QED) is 0.244. The predicted molar refractivity (Wildman–Crippen MR) is 167 cm³/mol. The number of aryl methyl sites for hydroxylation is 1. The summed E-state index contributed by atoms with van der Waals surface area (Å²) in [6.07, 6.45) is 7.65. The first-order valence-electron chi connectivity index (χ1n) is 13.5. The third kappa shape index (κ3) is 4.92. The smallest absolute Gasteiger partial charge is 0.162 e. The Balaban J connectivity index is 0.000000173. The number of H-pyrrole nitrogens is 1. The minimum absolute atomic E-state index is 0.720. The van der Waals surface area contributed by atoms with Gasteiger partial charge in [-0.05, 0) is 60.9 Å². The summed E-state index contributed by atoms with van der Waals surface area (Å²) in [6.45, 7) is 2.10. The number of methoxy groups -OCH3 is 2. The Morgan fingerprint density at radius 1 is 0.725 bits per heavy atom. The second-order valence-electron chi connectivity index (χ2n) is 9.90. The molecule has 0 bridgehead atoms. The summed E-state index contributed by atoms with van der Waals surface area (Å²) in [5.74, 6) is 1.45. The molecule has 0 amide bonds. The van der Waals surface area contributed by atoms with Crippen LogP contribution in [-0.4, -0.2) is 23.8 Å². The highest BCUT2D eigenvalue weighted by Crippen LogP contribution is 2.35. The molecule has 1 aliphatic carbocycles. The number of aromatic amines is 1. The first-order chi connectivity index (χ1) is 19.6. The molecule has 2 aromatic heterocycles. The van der Waals surface area contributed by atoms with Gasteiger partial charge in [0, 0.05) is 28.0 Å². The molecule has 2 heterocycles. The molecule has 0 saturated carbocycles. The number of hydrogen-bond acceptors (Lipinski definition) is 2. The van der Waals surface area contributed by atoms with Gasteiger partial charge in [-0.1, -0.05) is 84.5 Å². The number of ether oxygens (including phenoxy) is 2. The highest BCUT2D eigenvalue weighted by atomic mass is 16.5. The third-order valence-electron chi connectivity index (χ3n) is 7.30. The third-order valence-corrected chi connectivity index (χ3v) is 7.30. The normalized spacial score (nSPS) is 12.3. The lowest BCUT2D eigenvalue weighted by atomic mass is 10.1. The number of benzene rings is 4. The largest absolute Gasteiger partial charge is 0.493 e. The number of fused-ring (bicyclic) bond motifs is 2. The van der Waals surface area contributed by atoms with E-state index in [0.29, 0.717) is 0 Å². The van der Waals surface area contributed by atoms with Crippen LogP contribution in [-0.2, 0) is 0 Å². The molecule has 7 rings (SSSR count). The standard InChI is InChI=1S/C23H21NO2.C13H11N/c1-16-8-10-17(11-9-16)21-14-18-6-4-5-7-20(18)24(21)19-12-13-22(25-2)23(15-19)26-3;1-2-6-10(5-1)13-9-11-7-3-4-8-12(11)14-13/h4-15H,1-3H3;1,3-9,14H,2H2. The summed E-state index contributed by atoms with van der Waals surface area (Å²) in [6, 6.07) is 35.9. The van der Waals surface area contributed by atoms with Crippen LogP contribution < -0.4 is 9.47 Å². The monoisotopic (exact) mass is 524 g/mol. The zero-order valence-electron chi connectivity index (χ0n) is 23.0. The van der Waals surface area contributed by atoms with Crippen molar-refractivity contribution in [3.8, 4) is 28.4 Å². The minimum atomic E-state index is 0.720. The van der Waals surface area contributed by atoms with Crippen molar-refractivity contribution in [2.24, 2.45) is 0 Å². The molecule has 0 radical (unpaired) electrons. The summed E-state index contributed by atoms with van der Waals surface area (Å²) < 4.78 is 13.2. The van der Waals surface area contributed by atoms with E-state index in [4.69, 9.17) is 9.47 Å². The average Bonchev–Trinajstić information content (AvgIpc) is 3.76. The van der Waals surface area contributed by atoms with Gasteiger partial charge in [0.15, 0.2) is 11.5 Å². The van der Waals surface area contributed by atoms with Gasteiger partial charge in [0.2, 0.25) is 0 Å². The highest BCUT2D eigenvalue weighted by Gasteiger charge is 2.14. The zero-order chi connectivity index (χ0) is 27.5. The van der Waals surface area contributed by atoms with E-state index in [1.807, 2.05) is 12.1 Å². The van der Waals surface area contributed by atoms with Gasteiger partial charge in [-0.25, -0.2) is 0 Å². The minimum Gasteiger partial charge on any atom is -0.493 e. The summed E-state index contributed by atoms with van der Waals surface area (Å²) in [5, 5.41) is 2.49. The molecule has 4 heteroatoms. The molecule has 4 aromatic carbocycles. The van der Waals surface area contributed by atoms with Crippen molar-refractivity contribution < 1.29 is 9.47 Å². The van der Waals surface area contributed by atoms with Crippen LogP contribution in [0.1, 0.15) is 17.7 Å². The summed E-state index contributed by atoms with van der Waals surface area (Å²) >= 11 is 0. The molecule has 1 N–H and O–H groups in total. The van der Waals surface area contributed by atoms with E-state index < -0.39 is 0 Å². The number of hydrogen-bond donors (Lipinski definition) is 1. The summed E-state index contributed by atoms with van der Waals surface area (Å²) in [5.41, 5.74) is 9.53. The maximum atomic E-state index is 5.51. The van der Waals surface area contributed by atoms with E-state index in [0.717, 1.165) is 34.8 Å². The Kier molecular flexibility index (Phi) is 6.98. The fourth-order valence-corrected chi connectivity index (χ4v) is 5.22. The van der Waals surface area contributed by atoms with Gasteiger partial charge in [-0.3, -0.25) is 0 Å². The molecule has 198 valence electrons.